The van der Waals surface area contributed by atoms with E-state index in [1.54, 1.807) is 48.5 Å². The molecular weight excluding hydrogens is 396 g/mol. The summed E-state index contributed by atoms with van der Waals surface area (Å²) in [6.07, 6.45) is 0. The SMILES string of the molecule is Cc1cc(C)nc(Nc2ccc(OC(=O)[C@H](C)N3C(=O)c4ccccc4C3=O)cc2)n1. The molecule has 4 rings (SSSR count). The van der Waals surface area contributed by atoms with Gasteiger partial charge in [-0.05, 0) is 63.2 Å². The second-order valence-corrected chi connectivity index (χ2v) is 7.25. The van der Waals surface area contributed by atoms with Crippen LogP contribution in [0.5, 0.6) is 5.75 Å². The van der Waals surface area contributed by atoms with E-state index >= 15 is 0 Å². The van der Waals surface area contributed by atoms with Crippen LogP contribution in [0.2, 0.25) is 0 Å². The first kappa shape index (κ1) is 20.2. The minimum absolute atomic E-state index is 0.288. The van der Waals surface area contributed by atoms with Crippen LogP contribution in [0.1, 0.15) is 39.0 Å². The zero-order chi connectivity index (χ0) is 22.1. The molecule has 0 saturated heterocycles. The van der Waals surface area contributed by atoms with Gasteiger partial charge in [0.1, 0.15) is 11.8 Å². The summed E-state index contributed by atoms with van der Waals surface area (Å²) in [5.41, 5.74) is 3.00. The van der Waals surface area contributed by atoms with Gasteiger partial charge in [-0.25, -0.2) is 14.8 Å². The number of anilines is 2. The molecule has 1 aliphatic heterocycles. The molecule has 2 aromatic carbocycles. The Bertz CT molecular complexity index is 1140. The number of amides is 2. The predicted octanol–water partition coefficient (Wildman–Crippen LogP) is 3.43. The number of rotatable bonds is 5. The lowest BCUT2D eigenvalue weighted by Gasteiger charge is -2.20. The quantitative estimate of drug-likeness (QED) is 0.386. The Kier molecular flexibility index (Phi) is 5.21. The number of hydrogen-bond donors (Lipinski definition) is 1. The van der Waals surface area contributed by atoms with E-state index in [1.165, 1.54) is 6.92 Å². The van der Waals surface area contributed by atoms with Gasteiger partial charge in [-0.3, -0.25) is 14.5 Å². The number of hydrogen-bond acceptors (Lipinski definition) is 7. The van der Waals surface area contributed by atoms with Crippen molar-refractivity contribution in [3.8, 4) is 5.75 Å². The third kappa shape index (κ3) is 4.00. The number of fused-ring (bicyclic) bond motifs is 1. The monoisotopic (exact) mass is 416 g/mol. The molecule has 0 bridgehead atoms. The number of carbonyl (C=O) groups excluding carboxylic acids is 3. The summed E-state index contributed by atoms with van der Waals surface area (Å²) >= 11 is 0. The third-order valence-electron chi connectivity index (χ3n) is 4.87. The largest absolute Gasteiger partial charge is 0.425 e. The molecule has 1 aliphatic rings. The molecule has 0 fully saturated rings. The predicted molar refractivity (Wildman–Crippen MR) is 113 cm³/mol. The van der Waals surface area contributed by atoms with Crippen LogP contribution in [0.3, 0.4) is 0 Å². The number of nitrogens with zero attached hydrogens (tertiary/aromatic N) is 3. The van der Waals surface area contributed by atoms with Crippen molar-refractivity contribution in [1.82, 2.24) is 14.9 Å². The van der Waals surface area contributed by atoms with Crippen LogP contribution in [-0.2, 0) is 4.79 Å². The number of esters is 1. The normalized spacial score (nSPS) is 13.7. The number of carbonyl (C=O) groups is 3. The van der Waals surface area contributed by atoms with E-state index < -0.39 is 23.8 Å². The van der Waals surface area contributed by atoms with E-state index in [9.17, 15) is 14.4 Å². The summed E-state index contributed by atoms with van der Waals surface area (Å²) in [7, 11) is 0. The average Bonchev–Trinajstić information content (AvgIpc) is 2.99. The summed E-state index contributed by atoms with van der Waals surface area (Å²) in [5, 5.41) is 3.10. The minimum atomic E-state index is -1.06. The second kappa shape index (κ2) is 7.98. The van der Waals surface area contributed by atoms with Gasteiger partial charge in [-0.2, -0.15) is 0 Å². The molecule has 2 amide bonds. The minimum Gasteiger partial charge on any atom is -0.425 e. The van der Waals surface area contributed by atoms with Gasteiger partial charge in [0.25, 0.3) is 11.8 Å². The molecule has 8 nitrogen and oxygen atoms in total. The Hall–Kier alpha value is -4.07. The van der Waals surface area contributed by atoms with Gasteiger partial charge in [0.05, 0.1) is 11.1 Å². The fourth-order valence-electron chi connectivity index (χ4n) is 3.38. The molecule has 1 atom stereocenters. The highest BCUT2D eigenvalue weighted by Crippen LogP contribution is 2.25. The lowest BCUT2D eigenvalue weighted by atomic mass is 10.1. The molecule has 0 saturated carbocycles. The number of aryl methyl sites for hydroxylation is 2. The average molecular weight is 416 g/mol. The van der Waals surface area contributed by atoms with Crippen molar-refractivity contribution in [3.05, 3.63) is 77.1 Å². The van der Waals surface area contributed by atoms with E-state index in [2.05, 4.69) is 15.3 Å². The summed E-state index contributed by atoms with van der Waals surface area (Å²) < 4.78 is 5.38. The van der Waals surface area contributed by atoms with Crippen molar-refractivity contribution < 1.29 is 19.1 Å². The topological polar surface area (TPSA) is 101 Å². The van der Waals surface area contributed by atoms with Gasteiger partial charge >= 0.3 is 5.97 Å². The molecule has 0 aliphatic carbocycles. The standard InChI is InChI=1S/C23H20N4O4/c1-13-12-14(2)25-23(24-13)26-16-8-10-17(11-9-16)31-22(30)15(3)27-20(28)18-6-4-5-7-19(18)21(27)29/h4-12,15H,1-3H3,(H,24,25,26)/t15-/m0/s1. The maximum atomic E-state index is 12.6. The van der Waals surface area contributed by atoms with Crippen LogP contribution >= 0.6 is 0 Å². The third-order valence-corrected chi connectivity index (χ3v) is 4.87. The van der Waals surface area contributed by atoms with Gasteiger partial charge in [-0.1, -0.05) is 12.1 Å². The lowest BCUT2D eigenvalue weighted by Crippen LogP contribution is -2.44. The van der Waals surface area contributed by atoms with Crippen LogP contribution in [0.15, 0.2) is 54.6 Å². The first-order valence-corrected chi connectivity index (χ1v) is 9.71. The highest BCUT2D eigenvalue weighted by Gasteiger charge is 2.41. The molecule has 0 unspecified atom stereocenters. The Morgan fingerprint density at radius 2 is 1.48 bits per heavy atom. The molecule has 156 valence electrons. The molecule has 3 aromatic rings. The zero-order valence-electron chi connectivity index (χ0n) is 17.2. The van der Waals surface area contributed by atoms with Gasteiger partial charge in [-0.15, -0.1) is 0 Å². The maximum Gasteiger partial charge on any atom is 0.334 e. The van der Waals surface area contributed by atoms with E-state index in [0.29, 0.717) is 11.7 Å². The Labute approximate surface area is 178 Å². The molecular formula is C23H20N4O4. The molecule has 2 heterocycles. The van der Waals surface area contributed by atoms with Crippen LogP contribution in [0.25, 0.3) is 0 Å². The van der Waals surface area contributed by atoms with E-state index in [1.807, 2.05) is 19.9 Å². The molecule has 0 spiro atoms. The first-order valence-electron chi connectivity index (χ1n) is 9.71. The number of imide groups is 1. The van der Waals surface area contributed by atoms with Gasteiger partial charge in [0.15, 0.2) is 0 Å². The highest BCUT2D eigenvalue weighted by atomic mass is 16.5. The smallest absolute Gasteiger partial charge is 0.334 e. The van der Waals surface area contributed by atoms with Crippen LogP contribution in [0.4, 0.5) is 11.6 Å². The number of nitrogens with one attached hydrogen (secondary N) is 1. The van der Waals surface area contributed by atoms with Crippen molar-refractivity contribution in [2.24, 2.45) is 0 Å². The maximum absolute atomic E-state index is 12.6. The summed E-state index contributed by atoms with van der Waals surface area (Å²) in [4.78, 5) is 47.3. The van der Waals surface area contributed by atoms with E-state index in [4.69, 9.17) is 4.74 Å². The van der Waals surface area contributed by atoms with Gasteiger partial charge in [0.2, 0.25) is 5.95 Å². The summed E-state index contributed by atoms with van der Waals surface area (Å²) in [5.74, 6) is -0.939. The van der Waals surface area contributed by atoms with Crippen LogP contribution in [0, 0.1) is 13.8 Å². The Balaban J connectivity index is 1.43. The zero-order valence-corrected chi connectivity index (χ0v) is 17.2. The molecule has 1 N–H and O–H groups in total. The molecule has 1 aromatic heterocycles. The van der Waals surface area contributed by atoms with Crippen molar-refractivity contribution in [2.75, 3.05) is 5.32 Å². The lowest BCUT2D eigenvalue weighted by molar-refractivity contribution is -0.138. The summed E-state index contributed by atoms with van der Waals surface area (Å²) in [6, 6.07) is 14.0. The van der Waals surface area contributed by atoms with Crippen molar-refractivity contribution in [2.45, 2.75) is 26.8 Å². The number of aromatic nitrogens is 2. The van der Waals surface area contributed by atoms with Gasteiger partial charge < -0.3 is 10.1 Å². The fraction of sp³-hybridized carbons (Fsp3) is 0.174. The number of benzene rings is 2. The van der Waals surface area contributed by atoms with Gasteiger partial charge in [0, 0.05) is 17.1 Å². The van der Waals surface area contributed by atoms with E-state index in [-0.39, 0.29) is 11.1 Å². The van der Waals surface area contributed by atoms with Crippen molar-refractivity contribution in [3.63, 3.8) is 0 Å². The Morgan fingerprint density at radius 3 is 2.03 bits per heavy atom. The van der Waals surface area contributed by atoms with Crippen molar-refractivity contribution >= 4 is 29.4 Å². The number of ether oxygens (including phenoxy) is 1. The Morgan fingerprint density at radius 1 is 0.935 bits per heavy atom. The highest BCUT2D eigenvalue weighted by molar-refractivity contribution is 6.22. The molecule has 31 heavy (non-hydrogen) atoms. The first-order chi connectivity index (χ1) is 14.8. The van der Waals surface area contributed by atoms with Crippen LogP contribution < -0.4 is 10.1 Å². The summed E-state index contributed by atoms with van der Waals surface area (Å²) in [6.45, 7) is 5.24. The molecule has 8 heteroatoms. The van der Waals surface area contributed by atoms with Crippen LogP contribution in [-0.4, -0.2) is 38.7 Å². The van der Waals surface area contributed by atoms with Crippen molar-refractivity contribution in [1.29, 1.82) is 0 Å². The fourth-order valence-corrected chi connectivity index (χ4v) is 3.38. The second-order valence-electron chi connectivity index (χ2n) is 7.25. The molecule has 0 radical (unpaired) electrons. The van der Waals surface area contributed by atoms with E-state index in [0.717, 1.165) is 22.0 Å².